The van der Waals surface area contributed by atoms with Crippen LogP contribution in [0.2, 0.25) is 5.02 Å². The second kappa shape index (κ2) is 7.09. The molecule has 0 aliphatic rings. The Morgan fingerprint density at radius 2 is 2.21 bits per heavy atom. The number of rotatable bonds is 6. The van der Waals surface area contributed by atoms with Gasteiger partial charge < -0.3 is 10.4 Å². The first kappa shape index (κ1) is 15.4. The number of nitrogens with one attached hydrogen (secondary N) is 1. The van der Waals surface area contributed by atoms with Crippen LogP contribution in [0.5, 0.6) is 0 Å². The lowest BCUT2D eigenvalue weighted by atomic mass is 10.1. The van der Waals surface area contributed by atoms with Crippen molar-refractivity contribution in [3.63, 3.8) is 0 Å². The van der Waals surface area contributed by atoms with Crippen molar-refractivity contribution in [1.82, 2.24) is 10.3 Å². The van der Waals surface area contributed by atoms with Crippen molar-refractivity contribution in [1.29, 1.82) is 0 Å². The summed E-state index contributed by atoms with van der Waals surface area (Å²) in [4.78, 5) is 27.0. The highest BCUT2D eigenvalue weighted by atomic mass is 35.5. The fourth-order valence-corrected chi connectivity index (χ4v) is 1.89. The van der Waals surface area contributed by atoms with E-state index in [0.29, 0.717) is 12.1 Å². The van der Waals surface area contributed by atoms with Gasteiger partial charge in [0.05, 0.1) is 10.6 Å². The van der Waals surface area contributed by atoms with Crippen LogP contribution in [0, 0.1) is 6.92 Å². The summed E-state index contributed by atoms with van der Waals surface area (Å²) in [6.45, 7) is 3.72. The number of hydrogen-bond acceptors (Lipinski definition) is 3. The molecular weight excluding hydrogens is 268 g/mol. The molecule has 1 amide bonds. The number of aryl methyl sites for hydroxylation is 1. The first-order valence-corrected chi connectivity index (χ1v) is 6.49. The van der Waals surface area contributed by atoms with Crippen LogP contribution in [0.15, 0.2) is 12.3 Å². The molecule has 1 aromatic heterocycles. The maximum atomic E-state index is 12.0. The van der Waals surface area contributed by atoms with Crippen LogP contribution in [-0.4, -0.2) is 28.0 Å². The highest BCUT2D eigenvalue weighted by Gasteiger charge is 2.21. The van der Waals surface area contributed by atoms with Crippen LogP contribution in [0.25, 0.3) is 0 Å². The Labute approximate surface area is 117 Å². The Bertz CT molecular complexity index is 477. The summed E-state index contributed by atoms with van der Waals surface area (Å²) >= 11 is 5.94. The number of carboxylic acid groups (broad SMARTS) is 1. The molecule has 2 N–H and O–H groups in total. The third-order valence-corrected chi connectivity index (χ3v) is 3.00. The van der Waals surface area contributed by atoms with Gasteiger partial charge in [0.2, 0.25) is 0 Å². The number of carbonyl (C=O) groups is 2. The van der Waals surface area contributed by atoms with E-state index in [4.69, 9.17) is 16.7 Å². The van der Waals surface area contributed by atoms with E-state index in [1.54, 1.807) is 13.0 Å². The third kappa shape index (κ3) is 4.52. The lowest BCUT2D eigenvalue weighted by Gasteiger charge is -2.14. The van der Waals surface area contributed by atoms with Crippen molar-refractivity contribution >= 4 is 23.5 Å². The number of carboxylic acids is 1. The van der Waals surface area contributed by atoms with Gasteiger partial charge in [0.1, 0.15) is 6.04 Å². The number of unbranched alkanes of at least 4 members (excludes halogenated alkanes) is 1. The van der Waals surface area contributed by atoms with Crippen molar-refractivity contribution in [2.75, 3.05) is 0 Å². The predicted octanol–water partition coefficient (Wildman–Crippen LogP) is 2.42. The maximum Gasteiger partial charge on any atom is 0.326 e. The second-order valence-corrected chi connectivity index (χ2v) is 4.72. The molecule has 0 unspecified atom stereocenters. The normalized spacial score (nSPS) is 11.9. The zero-order valence-corrected chi connectivity index (χ0v) is 11.7. The van der Waals surface area contributed by atoms with E-state index >= 15 is 0 Å². The first-order valence-electron chi connectivity index (χ1n) is 6.11. The highest BCUT2D eigenvalue weighted by Crippen LogP contribution is 2.16. The summed E-state index contributed by atoms with van der Waals surface area (Å²) in [5.74, 6) is -1.56. The summed E-state index contributed by atoms with van der Waals surface area (Å²) in [6, 6.07) is 0.669. The maximum absolute atomic E-state index is 12.0. The summed E-state index contributed by atoms with van der Waals surface area (Å²) in [5, 5.41) is 11.8. The molecule has 0 saturated heterocycles. The lowest BCUT2D eigenvalue weighted by Crippen LogP contribution is -2.40. The Balaban J connectivity index is 2.78. The Hall–Kier alpha value is -1.62. The van der Waals surface area contributed by atoms with Gasteiger partial charge in [-0.25, -0.2) is 4.79 Å². The molecule has 0 fully saturated rings. The van der Waals surface area contributed by atoms with E-state index in [9.17, 15) is 9.59 Å². The molecular formula is C13H17ClN2O3. The average molecular weight is 285 g/mol. The SMILES string of the molecule is CCCC[C@H](NC(=O)c1cnc(C)cc1Cl)C(=O)O. The largest absolute Gasteiger partial charge is 0.480 e. The molecule has 0 radical (unpaired) electrons. The standard InChI is InChI=1S/C13H17ClN2O3/c1-3-4-5-11(13(18)19)16-12(17)9-7-15-8(2)6-10(9)14/h6-7,11H,3-5H2,1-2H3,(H,16,17)(H,18,19)/t11-/m0/s1. The van der Waals surface area contributed by atoms with Gasteiger partial charge in [-0.05, 0) is 19.4 Å². The van der Waals surface area contributed by atoms with Gasteiger partial charge in [0, 0.05) is 11.9 Å². The number of halogens is 1. The van der Waals surface area contributed by atoms with Crippen LogP contribution >= 0.6 is 11.6 Å². The molecule has 104 valence electrons. The molecule has 1 heterocycles. The van der Waals surface area contributed by atoms with Gasteiger partial charge in [-0.2, -0.15) is 0 Å². The molecule has 1 atom stereocenters. The monoisotopic (exact) mass is 284 g/mol. The van der Waals surface area contributed by atoms with Gasteiger partial charge in [0.15, 0.2) is 0 Å². The van der Waals surface area contributed by atoms with Gasteiger partial charge in [-0.15, -0.1) is 0 Å². The molecule has 19 heavy (non-hydrogen) atoms. The number of pyridine rings is 1. The van der Waals surface area contributed by atoms with Crippen LogP contribution < -0.4 is 5.32 Å². The molecule has 1 rings (SSSR count). The predicted molar refractivity (Wildman–Crippen MR) is 72.4 cm³/mol. The zero-order chi connectivity index (χ0) is 14.4. The Morgan fingerprint density at radius 1 is 1.53 bits per heavy atom. The second-order valence-electron chi connectivity index (χ2n) is 4.31. The zero-order valence-electron chi connectivity index (χ0n) is 10.9. The van der Waals surface area contributed by atoms with Crippen LogP contribution in [0.4, 0.5) is 0 Å². The van der Waals surface area contributed by atoms with Gasteiger partial charge in [-0.3, -0.25) is 9.78 Å². The first-order chi connectivity index (χ1) is 8.95. The van der Waals surface area contributed by atoms with Crippen LogP contribution in [0.3, 0.4) is 0 Å². The number of aliphatic carboxylic acids is 1. The molecule has 0 spiro atoms. The molecule has 0 aromatic carbocycles. The fraction of sp³-hybridized carbons (Fsp3) is 0.462. The number of aromatic nitrogens is 1. The van der Waals surface area contributed by atoms with E-state index in [2.05, 4.69) is 10.3 Å². The summed E-state index contributed by atoms with van der Waals surface area (Å²) in [5.41, 5.74) is 0.886. The van der Waals surface area contributed by atoms with E-state index < -0.39 is 17.9 Å². The van der Waals surface area contributed by atoms with E-state index in [-0.39, 0.29) is 10.6 Å². The van der Waals surface area contributed by atoms with Crippen molar-refractivity contribution in [3.05, 3.63) is 28.5 Å². The van der Waals surface area contributed by atoms with Crippen LogP contribution in [-0.2, 0) is 4.79 Å². The molecule has 0 aliphatic heterocycles. The lowest BCUT2D eigenvalue weighted by molar-refractivity contribution is -0.139. The highest BCUT2D eigenvalue weighted by molar-refractivity contribution is 6.33. The van der Waals surface area contributed by atoms with Gasteiger partial charge in [0.25, 0.3) is 5.91 Å². The summed E-state index contributed by atoms with van der Waals surface area (Å²) in [7, 11) is 0. The third-order valence-electron chi connectivity index (χ3n) is 2.68. The topological polar surface area (TPSA) is 79.3 Å². The molecule has 0 saturated carbocycles. The minimum absolute atomic E-state index is 0.190. The minimum Gasteiger partial charge on any atom is -0.480 e. The smallest absolute Gasteiger partial charge is 0.326 e. The van der Waals surface area contributed by atoms with Crippen molar-refractivity contribution < 1.29 is 14.7 Å². The van der Waals surface area contributed by atoms with Crippen LogP contribution in [0.1, 0.15) is 42.2 Å². The van der Waals surface area contributed by atoms with Gasteiger partial charge in [-0.1, -0.05) is 31.4 Å². The van der Waals surface area contributed by atoms with E-state index in [0.717, 1.165) is 12.8 Å². The number of hydrogen-bond donors (Lipinski definition) is 2. The molecule has 6 heteroatoms. The quantitative estimate of drug-likeness (QED) is 0.841. The van der Waals surface area contributed by atoms with Crippen molar-refractivity contribution in [2.24, 2.45) is 0 Å². The Morgan fingerprint density at radius 3 is 2.74 bits per heavy atom. The molecule has 0 aliphatic carbocycles. The molecule has 0 bridgehead atoms. The Kier molecular flexibility index (Phi) is 5.76. The molecule has 1 aromatic rings. The van der Waals surface area contributed by atoms with Gasteiger partial charge >= 0.3 is 5.97 Å². The number of amides is 1. The van der Waals surface area contributed by atoms with Crippen molar-refractivity contribution in [3.8, 4) is 0 Å². The summed E-state index contributed by atoms with van der Waals surface area (Å²) < 4.78 is 0. The summed E-state index contributed by atoms with van der Waals surface area (Å²) in [6.07, 6.45) is 3.35. The van der Waals surface area contributed by atoms with E-state index in [1.807, 2.05) is 6.92 Å². The molecule has 5 nitrogen and oxygen atoms in total. The fourth-order valence-electron chi connectivity index (χ4n) is 1.60. The number of carbonyl (C=O) groups excluding carboxylic acids is 1. The minimum atomic E-state index is -1.04. The number of nitrogens with zero attached hydrogens (tertiary/aromatic N) is 1. The average Bonchev–Trinajstić information content (AvgIpc) is 2.33. The van der Waals surface area contributed by atoms with E-state index in [1.165, 1.54) is 6.20 Å². The van der Waals surface area contributed by atoms with Crippen molar-refractivity contribution in [2.45, 2.75) is 39.2 Å².